The molecule has 29 heavy (non-hydrogen) atoms. The minimum absolute atomic E-state index is 0.00848. The molecule has 0 spiro atoms. The molecule has 8 heteroatoms. The van der Waals surface area contributed by atoms with Crippen LogP contribution in [0, 0.1) is 11.3 Å². The third kappa shape index (κ3) is 3.80. The van der Waals surface area contributed by atoms with E-state index >= 15 is 0 Å². The fourth-order valence-electron chi connectivity index (χ4n) is 3.18. The summed E-state index contributed by atoms with van der Waals surface area (Å²) >= 11 is 7.41. The predicted molar refractivity (Wildman–Crippen MR) is 118 cm³/mol. The number of hydrogen-bond donors (Lipinski definition) is 1. The van der Waals surface area contributed by atoms with E-state index in [9.17, 15) is 4.79 Å². The van der Waals surface area contributed by atoms with Gasteiger partial charge < -0.3 is 4.42 Å². The molecule has 0 radical (unpaired) electrons. The standard InChI is InChI=1S/C21H19ClN4O2S/c1-3-12(4-2)20-25-26-18(23)16(19(27)24-21(26)29-20)11-15-8-9-17(28-15)13-6-5-7-14(22)10-13/h5-12,23H,3-4H2,1-2H3. The largest absolute Gasteiger partial charge is 0.457 e. The van der Waals surface area contributed by atoms with Crippen molar-refractivity contribution in [1.29, 1.82) is 5.41 Å². The number of amides is 1. The van der Waals surface area contributed by atoms with E-state index in [0.29, 0.717) is 27.6 Å². The highest BCUT2D eigenvalue weighted by Crippen LogP contribution is 2.33. The number of furan rings is 1. The average Bonchev–Trinajstić information content (AvgIpc) is 3.34. The van der Waals surface area contributed by atoms with E-state index in [1.165, 1.54) is 22.8 Å². The first-order valence-corrected chi connectivity index (χ1v) is 10.6. The van der Waals surface area contributed by atoms with Gasteiger partial charge in [-0.1, -0.05) is 37.6 Å². The molecule has 0 aliphatic carbocycles. The molecule has 3 heterocycles. The summed E-state index contributed by atoms with van der Waals surface area (Å²) < 4.78 is 5.84. The Balaban J connectivity index is 1.63. The summed E-state index contributed by atoms with van der Waals surface area (Å²) in [6.07, 6.45) is 3.44. The minimum atomic E-state index is -0.463. The number of hydrogen-bond acceptors (Lipinski definition) is 5. The van der Waals surface area contributed by atoms with E-state index in [4.69, 9.17) is 21.4 Å². The summed E-state index contributed by atoms with van der Waals surface area (Å²) in [5.74, 6) is 0.936. The second-order valence-corrected chi connectivity index (χ2v) is 8.11. The summed E-state index contributed by atoms with van der Waals surface area (Å²) in [6, 6.07) is 10.9. The Bertz CT molecular complexity index is 1080. The van der Waals surface area contributed by atoms with Crippen LogP contribution in [0.15, 0.2) is 56.5 Å². The molecule has 0 saturated carbocycles. The Labute approximate surface area is 177 Å². The molecule has 0 bridgehead atoms. The van der Waals surface area contributed by atoms with Gasteiger partial charge in [-0.15, -0.1) is 0 Å². The van der Waals surface area contributed by atoms with Crippen molar-refractivity contribution >= 4 is 51.4 Å². The van der Waals surface area contributed by atoms with Gasteiger partial charge in [0.05, 0.1) is 5.57 Å². The van der Waals surface area contributed by atoms with Gasteiger partial charge in [0.1, 0.15) is 16.6 Å². The van der Waals surface area contributed by atoms with Crippen LogP contribution in [0.3, 0.4) is 0 Å². The first kappa shape index (κ1) is 19.7. The van der Waals surface area contributed by atoms with Crippen LogP contribution >= 0.6 is 23.4 Å². The molecule has 1 N–H and O–H groups in total. The second-order valence-electron chi connectivity index (χ2n) is 6.68. The highest BCUT2D eigenvalue weighted by Gasteiger charge is 2.37. The van der Waals surface area contributed by atoms with Crippen LogP contribution in [0.2, 0.25) is 5.02 Å². The van der Waals surface area contributed by atoms with Crippen molar-refractivity contribution in [1.82, 2.24) is 5.01 Å². The average molecular weight is 427 g/mol. The van der Waals surface area contributed by atoms with Crippen molar-refractivity contribution in [3.8, 4) is 11.3 Å². The van der Waals surface area contributed by atoms with Crippen molar-refractivity contribution in [2.45, 2.75) is 26.7 Å². The van der Waals surface area contributed by atoms with Crippen molar-refractivity contribution in [3.05, 3.63) is 52.8 Å². The topological polar surface area (TPSA) is 82.0 Å². The number of amidine groups is 2. The van der Waals surface area contributed by atoms with Crippen molar-refractivity contribution in [3.63, 3.8) is 0 Å². The van der Waals surface area contributed by atoms with E-state index in [1.54, 1.807) is 24.3 Å². The lowest BCUT2D eigenvalue weighted by molar-refractivity contribution is -0.114. The number of fused-ring (bicyclic) bond motifs is 1. The summed E-state index contributed by atoms with van der Waals surface area (Å²) in [7, 11) is 0. The lowest BCUT2D eigenvalue weighted by Gasteiger charge is -2.19. The van der Waals surface area contributed by atoms with Crippen LogP contribution in [0.4, 0.5) is 0 Å². The van der Waals surface area contributed by atoms with Crippen molar-refractivity contribution in [2.24, 2.45) is 16.0 Å². The number of halogens is 1. The van der Waals surface area contributed by atoms with Crippen molar-refractivity contribution < 1.29 is 9.21 Å². The number of nitrogens with one attached hydrogen (secondary N) is 1. The highest BCUT2D eigenvalue weighted by molar-refractivity contribution is 8.27. The SMILES string of the molecule is CCC(CC)C1=NN2C(=N)C(=Cc3ccc(-c4cccc(Cl)c4)o3)C(=O)N=C2S1. The van der Waals surface area contributed by atoms with Crippen LogP contribution in [-0.4, -0.2) is 27.0 Å². The van der Waals surface area contributed by atoms with Gasteiger partial charge >= 0.3 is 0 Å². The molecular formula is C21H19ClN4O2S. The summed E-state index contributed by atoms with van der Waals surface area (Å²) in [6.45, 7) is 4.21. The minimum Gasteiger partial charge on any atom is -0.457 e. The zero-order valence-corrected chi connectivity index (χ0v) is 17.5. The number of thioether (sulfide) groups is 1. The van der Waals surface area contributed by atoms with Crippen LogP contribution in [0.5, 0.6) is 0 Å². The van der Waals surface area contributed by atoms with Gasteiger partial charge in [0.2, 0.25) is 5.17 Å². The number of nitrogens with zero attached hydrogens (tertiary/aromatic N) is 3. The zero-order chi connectivity index (χ0) is 20.5. The molecule has 0 saturated heterocycles. The van der Waals surface area contributed by atoms with Crippen LogP contribution in [-0.2, 0) is 4.79 Å². The predicted octanol–water partition coefficient (Wildman–Crippen LogP) is 5.66. The number of aliphatic imine (C=N–C) groups is 1. The van der Waals surface area contributed by atoms with Crippen LogP contribution < -0.4 is 0 Å². The second kappa shape index (κ2) is 8.00. The third-order valence-electron chi connectivity index (χ3n) is 4.83. The Morgan fingerprint density at radius 1 is 1.28 bits per heavy atom. The van der Waals surface area contributed by atoms with Gasteiger partial charge in [0.25, 0.3) is 5.91 Å². The normalized spacial score (nSPS) is 17.8. The molecule has 0 fully saturated rings. The first-order valence-electron chi connectivity index (χ1n) is 9.36. The highest BCUT2D eigenvalue weighted by atomic mass is 35.5. The molecule has 1 aromatic heterocycles. The lowest BCUT2D eigenvalue weighted by Crippen LogP contribution is -2.35. The number of carbonyl (C=O) groups excluding carboxylic acids is 1. The first-order chi connectivity index (χ1) is 14.0. The monoisotopic (exact) mass is 426 g/mol. The van der Waals surface area contributed by atoms with Crippen LogP contribution in [0.1, 0.15) is 32.4 Å². The van der Waals surface area contributed by atoms with Gasteiger partial charge in [-0.3, -0.25) is 10.2 Å². The fraction of sp³-hybridized carbons (Fsp3) is 0.238. The zero-order valence-electron chi connectivity index (χ0n) is 16.0. The van der Waals surface area contributed by atoms with Crippen molar-refractivity contribution in [2.75, 3.05) is 0 Å². The Kier molecular flexibility index (Phi) is 5.43. The number of hydrazone groups is 1. The maximum Gasteiger partial charge on any atom is 0.283 e. The smallest absolute Gasteiger partial charge is 0.283 e. The summed E-state index contributed by atoms with van der Waals surface area (Å²) in [5.41, 5.74) is 0.985. The van der Waals surface area contributed by atoms with E-state index in [0.717, 1.165) is 23.4 Å². The number of rotatable bonds is 5. The molecule has 2 aromatic rings. The van der Waals surface area contributed by atoms with Gasteiger partial charge in [-0.25, -0.2) is 0 Å². The van der Waals surface area contributed by atoms with E-state index in [1.807, 2.05) is 12.1 Å². The number of benzene rings is 1. The fourth-order valence-corrected chi connectivity index (χ4v) is 4.53. The summed E-state index contributed by atoms with van der Waals surface area (Å²) in [5, 5.41) is 16.4. The van der Waals surface area contributed by atoms with Gasteiger partial charge in [0, 0.05) is 16.5 Å². The Morgan fingerprint density at radius 2 is 2.07 bits per heavy atom. The quantitative estimate of drug-likeness (QED) is 0.625. The van der Waals surface area contributed by atoms with Gasteiger partial charge in [-0.2, -0.15) is 15.1 Å². The van der Waals surface area contributed by atoms with Gasteiger partial charge in [-0.05, 0) is 54.9 Å². The molecule has 0 unspecified atom stereocenters. The summed E-state index contributed by atoms with van der Waals surface area (Å²) in [4.78, 5) is 16.7. The van der Waals surface area contributed by atoms with E-state index < -0.39 is 5.91 Å². The molecule has 2 aliphatic heterocycles. The Hall–Kier alpha value is -2.64. The number of carbonyl (C=O) groups is 1. The molecular weight excluding hydrogens is 408 g/mol. The molecule has 2 aliphatic rings. The third-order valence-corrected chi connectivity index (χ3v) is 6.13. The molecule has 1 amide bonds. The maximum atomic E-state index is 12.5. The maximum absolute atomic E-state index is 12.5. The van der Waals surface area contributed by atoms with Gasteiger partial charge in [0.15, 0.2) is 5.84 Å². The Morgan fingerprint density at radius 3 is 2.79 bits per heavy atom. The van der Waals surface area contributed by atoms with Crippen LogP contribution in [0.25, 0.3) is 17.4 Å². The molecule has 0 atom stereocenters. The van der Waals surface area contributed by atoms with E-state index in [-0.39, 0.29) is 11.4 Å². The molecule has 4 rings (SSSR count). The molecule has 1 aromatic carbocycles. The molecule has 6 nitrogen and oxygen atoms in total. The molecule has 148 valence electrons. The van der Waals surface area contributed by atoms with E-state index in [2.05, 4.69) is 23.9 Å². The lowest BCUT2D eigenvalue weighted by atomic mass is 10.1.